The van der Waals surface area contributed by atoms with E-state index in [2.05, 4.69) is 26.8 Å². The number of hydrogen-bond acceptors (Lipinski definition) is 4. The fourth-order valence-corrected chi connectivity index (χ4v) is 2.68. The van der Waals surface area contributed by atoms with Crippen molar-refractivity contribution in [3.05, 3.63) is 57.0 Å². The van der Waals surface area contributed by atoms with Crippen LogP contribution in [0, 0.1) is 13.8 Å². The van der Waals surface area contributed by atoms with Gasteiger partial charge in [0.25, 0.3) is 11.8 Å². The van der Waals surface area contributed by atoms with Gasteiger partial charge in [-0.15, -0.1) is 0 Å². The van der Waals surface area contributed by atoms with E-state index >= 15 is 0 Å². The Bertz CT molecular complexity index is 814. The molecule has 2 aromatic carbocycles. The first-order chi connectivity index (χ1) is 12.3. The normalized spacial score (nSPS) is 10.2. The summed E-state index contributed by atoms with van der Waals surface area (Å²) in [7, 11) is 0. The van der Waals surface area contributed by atoms with Crippen molar-refractivity contribution in [2.45, 2.75) is 13.8 Å². The maximum atomic E-state index is 11.8. The molecule has 0 aliphatic carbocycles. The standard InChI is InChI=1S/C18H18BrClN2O4/c1-11-3-4-12(2)16(7-11)26-10-18(24)22-21-17(23)9-25-15-6-5-13(19)8-14(15)20/h3-8H,9-10H2,1-2H3,(H,21,23)(H,22,24). The van der Waals surface area contributed by atoms with E-state index in [0.717, 1.165) is 15.6 Å². The number of carbonyl (C=O) groups excluding carboxylic acids is 2. The van der Waals surface area contributed by atoms with Crippen molar-refractivity contribution >= 4 is 39.3 Å². The third-order valence-corrected chi connectivity index (χ3v) is 4.09. The van der Waals surface area contributed by atoms with E-state index in [1.54, 1.807) is 18.2 Å². The van der Waals surface area contributed by atoms with E-state index < -0.39 is 11.8 Å². The topological polar surface area (TPSA) is 76.7 Å². The van der Waals surface area contributed by atoms with E-state index in [9.17, 15) is 9.59 Å². The Morgan fingerprint density at radius 1 is 0.962 bits per heavy atom. The molecule has 2 N–H and O–H groups in total. The highest BCUT2D eigenvalue weighted by atomic mass is 79.9. The quantitative estimate of drug-likeness (QED) is 0.674. The number of benzene rings is 2. The average Bonchev–Trinajstić information content (AvgIpc) is 2.60. The summed E-state index contributed by atoms with van der Waals surface area (Å²) >= 11 is 9.27. The zero-order valence-electron chi connectivity index (χ0n) is 14.3. The molecule has 0 saturated carbocycles. The first-order valence-electron chi connectivity index (χ1n) is 7.70. The van der Waals surface area contributed by atoms with Gasteiger partial charge < -0.3 is 9.47 Å². The molecule has 0 saturated heterocycles. The molecular formula is C18H18BrClN2O4. The van der Waals surface area contributed by atoms with Gasteiger partial charge in [0.05, 0.1) is 5.02 Å². The van der Waals surface area contributed by atoms with Crippen molar-refractivity contribution in [3.8, 4) is 11.5 Å². The number of halogens is 2. The van der Waals surface area contributed by atoms with Gasteiger partial charge in [0, 0.05) is 4.47 Å². The van der Waals surface area contributed by atoms with Crippen LogP contribution in [0.15, 0.2) is 40.9 Å². The van der Waals surface area contributed by atoms with Gasteiger partial charge in [0.1, 0.15) is 11.5 Å². The number of nitrogens with one attached hydrogen (secondary N) is 2. The van der Waals surface area contributed by atoms with Crippen LogP contribution in [-0.4, -0.2) is 25.0 Å². The zero-order chi connectivity index (χ0) is 19.1. The molecule has 0 fully saturated rings. The van der Waals surface area contributed by atoms with Crippen LogP contribution in [0.25, 0.3) is 0 Å². The summed E-state index contributed by atoms with van der Waals surface area (Å²) in [6, 6.07) is 10.7. The van der Waals surface area contributed by atoms with Gasteiger partial charge in [-0.1, -0.05) is 39.7 Å². The number of hydrazine groups is 1. The van der Waals surface area contributed by atoms with E-state index in [4.69, 9.17) is 21.1 Å². The second kappa shape index (κ2) is 9.45. The van der Waals surface area contributed by atoms with E-state index in [0.29, 0.717) is 16.5 Å². The van der Waals surface area contributed by atoms with Gasteiger partial charge in [-0.25, -0.2) is 0 Å². The summed E-state index contributed by atoms with van der Waals surface area (Å²) < 4.78 is 11.5. The molecule has 0 aliphatic heterocycles. The highest BCUT2D eigenvalue weighted by molar-refractivity contribution is 9.10. The Kier molecular flexibility index (Phi) is 7.29. The van der Waals surface area contributed by atoms with Crippen molar-refractivity contribution in [2.24, 2.45) is 0 Å². The molecule has 138 valence electrons. The lowest BCUT2D eigenvalue weighted by molar-refractivity contribution is -0.131. The molecule has 2 amide bonds. The fourth-order valence-electron chi connectivity index (χ4n) is 1.95. The van der Waals surface area contributed by atoms with Crippen molar-refractivity contribution in [2.75, 3.05) is 13.2 Å². The summed E-state index contributed by atoms with van der Waals surface area (Å²) in [6.07, 6.45) is 0. The number of aryl methyl sites for hydroxylation is 2. The largest absolute Gasteiger partial charge is 0.483 e. The third kappa shape index (κ3) is 6.24. The van der Waals surface area contributed by atoms with E-state index in [1.165, 1.54) is 0 Å². The number of carbonyl (C=O) groups is 2. The number of rotatable bonds is 6. The molecule has 6 nitrogen and oxygen atoms in total. The van der Waals surface area contributed by atoms with Crippen LogP contribution in [0.3, 0.4) is 0 Å². The summed E-state index contributed by atoms with van der Waals surface area (Å²) in [5, 5.41) is 0.373. The van der Waals surface area contributed by atoms with Crippen molar-refractivity contribution in [3.63, 3.8) is 0 Å². The predicted molar refractivity (Wildman–Crippen MR) is 102 cm³/mol. The molecule has 0 atom stereocenters. The summed E-state index contributed by atoms with van der Waals surface area (Å²) in [6.45, 7) is 3.31. The first kappa shape index (κ1) is 20.1. The lowest BCUT2D eigenvalue weighted by atomic mass is 10.1. The summed E-state index contributed by atoms with van der Waals surface area (Å²) in [5.74, 6) is -0.0145. The summed E-state index contributed by atoms with van der Waals surface area (Å²) in [5.41, 5.74) is 6.47. The highest BCUT2D eigenvalue weighted by Gasteiger charge is 2.09. The molecule has 0 bridgehead atoms. The van der Waals surface area contributed by atoms with Crippen LogP contribution < -0.4 is 20.3 Å². The van der Waals surface area contributed by atoms with Gasteiger partial charge in [-0.2, -0.15) is 0 Å². The first-order valence-corrected chi connectivity index (χ1v) is 8.88. The molecule has 0 heterocycles. The predicted octanol–water partition coefficient (Wildman–Crippen LogP) is 3.32. The molecule has 0 aliphatic rings. The van der Waals surface area contributed by atoms with Crippen LogP contribution in [0.2, 0.25) is 5.02 Å². The van der Waals surface area contributed by atoms with Gasteiger partial charge in [0.2, 0.25) is 0 Å². The third-order valence-electron chi connectivity index (χ3n) is 3.30. The van der Waals surface area contributed by atoms with E-state index in [-0.39, 0.29) is 13.2 Å². The Morgan fingerprint density at radius 2 is 1.58 bits per heavy atom. The van der Waals surface area contributed by atoms with Crippen LogP contribution in [0.5, 0.6) is 11.5 Å². The van der Waals surface area contributed by atoms with Crippen LogP contribution in [-0.2, 0) is 9.59 Å². The Hall–Kier alpha value is -2.25. The molecule has 0 aromatic heterocycles. The zero-order valence-corrected chi connectivity index (χ0v) is 16.6. The Balaban J connectivity index is 1.73. The van der Waals surface area contributed by atoms with Crippen molar-refractivity contribution in [1.82, 2.24) is 10.9 Å². The average molecular weight is 442 g/mol. The second-order valence-corrected chi connectivity index (χ2v) is 6.84. The van der Waals surface area contributed by atoms with Crippen LogP contribution in [0.4, 0.5) is 0 Å². The number of amides is 2. The van der Waals surface area contributed by atoms with Crippen molar-refractivity contribution < 1.29 is 19.1 Å². The molecule has 2 rings (SSSR count). The second-order valence-electron chi connectivity index (χ2n) is 5.52. The lowest BCUT2D eigenvalue weighted by Gasteiger charge is -2.11. The molecule has 2 aromatic rings. The smallest absolute Gasteiger partial charge is 0.276 e. The van der Waals surface area contributed by atoms with Gasteiger partial charge >= 0.3 is 0 Å². The fraction of sp³-hybridized carbons (Fsp3) is 0.222. The van der Waals surface area contributed by atoms with Gasteiger partial charge in [-0.3, -0.25) is 20.4 Å². The highest BCUT2D eigenvalue weighted by Crippen LogP contribution is 2.27. The van der Waals surface area contributed by atoms with Crippen LogP contribution in [0.1, 0.15) is 11.1 Å². The minimum Gasteiger partial charge on any atom is -0.483 e. The monoisotopic (exact) mass is 440 g/mol. The molecule has 0 spiro atoms. The molecule has 8 heteroatoms. The maximum Gasteiger partial charge on any atom is 0.276 e. The Morgan fingerprint density at radius 3 is 2.19 bits per heavy atom. The minimum absolute atomic E-state index is 0.218. The SMILES string of the molecule is Cc1ccc(C)c(OCC(=O)NNC(=O)COc2ccc(Br)cc2Cl)c1. The van der Waals surface area contributed by atoms with Crippen molar-refractivity contribution in [1.29, 1.82) is 0 Å². The number of hydrogen-bond donors (Lipinski definition) is 2. The van der Waals surface area contributed by atoms with Gasteiger partial charge in [0.15, 0.2) is 13.2 Å². The van der Waals surface area contributed by atoms with E-state index in [1.807, 2.05) is 32.0 Å². The summed E-state index contributed by atoms with van der Waals surface area (Å²) in [4.78, 5) is 23.5. The maximum absolute atomic E-state index is 11.8. The molecule has 0 unspecified atom stereocenters. The van der Waals surface area contributed by atoms with Crippen LogP contribution >= 0.6 is 27.5 Å². The molecular weight excluding hydrogens is 424 g/mol. The number of ether oxygens (including phenoxy) is 2. The lowest BCUT2D eigenvalue weighted by Crippen LogP contribution is -2.45. The molecule has 26 heavy (non-hydrogen) atoms. The molecule has 0 radical (unpaired) electrons. The minimum atomic E-state index is -0.524. The Labute approximate surface area is 164 Å². The van der Waals surface area contributed by atoms with Gasteiger partial charge in [-0.05, 0) is 49.2 Å².